The molecule has 0 radical (unpaired) electrons. The lowest BCUT2D eigenvalue weighted by molar-refractivity contribution is -0.605. The summed E-state index contributed by atoms with van der Waals surface area (Å²) >= 11 is 12.9. The summed E-state index contributed by atoms with van der Waals surface area (Å²) in [5, 5.41) is 15.5. The molecule has 3 aliphatic rings. The molecule has 2 aromatic carbocycles. The van der Waals surface area contributed by atoms with Crippen molar-refractivity contribution < 1.29 is 45.7 Å². The smallest absolute Gasteiger partial charge is 0.387 e. The normalized spacial score (nSPS) is 19.4. The molecule has 3 aromatic rings. The topological polar surface area (TPSA) is 134 Å². The lowest BCUT2D eigenvalue weighted by Crippen LogP contribution is -2.54. The van der Waals surface area contributed by atoms with Crippen LogP contribution >= 0.6 is 23.2 Å². The van der Waals surface area contributed by atoms with Gasteiger partial charge < -0.3 is 29.5 Å². The summed E-state index contributed by atoms with van der Waals surface area (Å²) in [5.74, 6) is -0.0902. The maximum atomic E-state index is 14.1. The number of pyridine rings is 1. The Labute approximate surface area is 336 Å². The standard InChI is InChI=1S/C39H48Cl2F2N4O8S/c1-24-19-45(25(2)18-44-24)13-4-14-47(56(3,50)51)33-11-9-29(16-36(33)52-22-26-5-6-26)38(48)54-35(17-30-31(40)20-46(49)21-32(30)41)28-10-12-34(55-39(42)43)37(15-28)53-23-27-7-8-27/h9-12,15-16,20-21,24-27,35,39,44H,4-8,13-14,17-19,22-23H2,1-3H3/t24-,25+,35+/m1/s1. The van der Waals surface area contributed by atoms with Crippen molar-refractivity contribution in [2.45, 2.75) is 77.2 Å². The number of alkyl halides is 2. The van der Waals surface area contributed by atoms with E-state index in [2.05, 4.69) is 24.1 Å². The van der Waals surface area contributed by atoms with Gasteiger partial charge in [0.1, 0.15) is 21.9 Å². The predicted molar refractivity (Wildman–Crippen MR) is 209 cm³/mol. The van der Waals surface area contributed by atoms with Crippen LogP contribution in [0.25, 0.3) is 0 Å². The Balaban J connectivity index is 1.29. The third-order valence-corrected chi connectivity index (χ3v) is 12.0. The molecule has 1 aliphatic heterocycles. The average molecular weight is 842 g/mol. The summed E-state index contributed by atoms with van der Waals surface area (Å²) in [4.78, 5) is 16.4. The number of anilines is 1. The van der Waals surface area contributed by atoms with E-state index < -0.39 is 28.7 Å². The van der Waals surface area contributed by atoms with E-state index in [1.54, 1.807) is 6.07 Å². The minimum atomic E-state index is -3.76. The highest BCUT2D eigenvalue weighted by Gasteiger charge is 2.30. The van der Waals surface area contributed by atoms with Crippen molar-refractivity contribution in [1.29, 1.82) is 0 Å². The maximum absolute atomic E-state index is 14.1. The van der Waals surface area contributed by atoms with Gasteiger partial charge in [0, 0.05) is 50.2 Å². The molecule has 0 spiro atoms. The van der Waals surface area contributed by atoms with E-state index in [4.69, 9.17) is 42.1 Å². The van der Waals surface area contributed by atoms with E-state index in [0.717, 1.165) is 57.4 Å². The summed E-state index contributed by atoms with van der Waals surface area (Å²) in [6.45, 7) is 4.43. The first-order valence-corrected chi connectivity index (χ1v) is 21.5. The van der Waals surface area contributed by atoms with Crippen LogP contribution in [0.2, 0.25) is 10.0 Å². The fourth-order valence-corrected chi connectivity index (χ4v) is 8.17. The number of rotatable bonds is 19. The predicted octanol–water partition coefficient (Wildman–Crippen LogP) is 6.78. The number of halogens is 4. The number of sulfonamides is 1. The number of esters is 1. The number of benzene rings is 2. The van der Waals surface area contributed by atoms with Crippen LogP contribution in [-0.4, -0.2) is 83.6 Å². The summed E-state index contributed by atoms with van der Waals surface area (Å²) in [6.07, 6.45) is 6.63. The first kappa shape index (κ1) is 42.0. The molecular formula is C39H48Cl2F2N4O8S. The van der Waals surface area contributed by atoms with Gasteiger partial charge in [-0.15, -0.1) is 0 Å². The highest BCUT2D eigenvalue weighted by Crippen LogP contribution is 2.39. The maximum Gasteiger partial charge on any atom is 0.387 e. The third kappa shape index (κ3) is 11.5. The highest BCUT2D eigenvalue weighted by atomic mass is 35.5. The second-order valence-electron chi connectivity index (χ2n) is 15.0. The summed E-state index contributed by atoms with van der Waals surface area (Å²) in [5.41, 5.74) is 1.05. The Morgan fingerprint density at radius 1 is 1.00 bits per heavy atom. The molecule has 1 saturated heterocycles. The van der Waals surface area contributed by atoms with Crippen LogP contribution in [0.4, 0.5) is 14.5 Å². The molecule has 3 atom stereocenters. The van der Waals surface area contributed by atoms with Gasteiger partial charge in [0.05, 0.1) is 30.7 Å². The number of piperazine rings is 1. The van der Waals surface area contributed by atoms with Crippen LogP contribution < -0.4 is 28.6 Å². The Hall–Kier alpha value is -3.63. The Morgan fingerprint density at radius 3 is 2.29 bits per heavy atom. The van der Waals surface area contributed by atoms with Crippen LogP contribution in [-0.2, 0) is 21.2 Å². The number of ether oxygens (including phenoxy) is 4. The molecule has 2 saturated carbocycles. The van der Waals surface area contributed by atoms with Gasteiger partial charge in [0.25, 0.3) is 0 Å². The number of hydrogen-bond acceptors (Lipinski definition) is 10. The minimum Gasteiger partial charge on any atom is -0.619 e. The largest absolute Gasteiger partial charge is 0.619 e. The van der Waals surface area contributed by atoms with Gasteiger partial charge in [-0.25, -0.2) is 13.2 Å². The molecule has 3 fully saturated rings. The van der Waals surface area contributed by atoms with Crippen molar-refractivity contribution in [2.75, 3.05) is 50.0 Å². The number of nitrogens with zero attached hydrogens (tertiary/aromatic N) is 3. The zero-order valence-corrected chi connectivity index (χ0v) is 33.9. The molecule has 0 amide bonds. The van der Waals surface area contributed by atoms with Gasteiger partial charge >= 0.3 is 12.6 Å². The second kappa shape index (κ2) is 18.3. The average Bonchev–Trinajstić information content (AvgIpc) is 4.07. The van der Waals surface area contributed by atoms with Crippen LogP contribution in [0.3, 0.4) is 0 Å². The van der Waals surface area contributed by atoms with Gasteiger partial charge in [-0.05, 0) is 93.7 Å². The van der Waals surface area contributed by atoms with Gasteiger partial charge in [-0.1, -0.05) is 29.3 Å². The molecule has 0 unspecified atom stereocenters. The number of nitrogens with one attached hydrogen (secondary N) is 1. The van der Waals surface area contributed by atoms with Gasteiger partial charge in [-0.3, -0.25) is 9.21 Å². The Morgan fingerprint density at radius 2 is 1.66 bits per heavy atom. The summed E-state index contributed by atoms with van der Waals surface area (Å²) in [7, 11) is -3.76. The second-order valence-corrected chi connectivity index (χ2v) is 17.7. The van der Waals surface area contributed by atoms with E-state index in [9.17, 15) is 27.2 Å². The van der Waals surface area contributed by atoms with Crippen LogP contribution in [0, 0.1) is 17.0 Å². The van der Waals surface area contributed by atoms with Gasteiger partial charge in [0.2, 0.25) is 10.0 Å². The lowest BCUT2D eigenvalue weighted by Gasteiger charge is -2.38. The molecule has 12 nitrogen and oxygen atoms in total. The van der Waals surface area contributed by atoms with Crippen molar-refractivity contribution >= 4 is 44.9 Å². The van der Waals surface area contributed by atoms with E-state index in [0.29, 0.717) is 71.6 Å². The molecule has 2 aliphatic carbocycles. The van der Waals surface area contributed by atoms with Crippen molar-refractivity contribution in [1.82, 2.24) is 10.2 Å². The van der Waals surface area contributed by atoms with Crippen LogP contribution in [0.5, 0.6) is 17.2 Å². The monoisotopic (exact) mass is 840 g/mol. The van der Waals surface area contributed by atoms with E-state index >= 15 is 0 Å². The van der Waals surface area contributed by atoms with E-state index in [1.807, 2.05) is 0 Å². The van der Waals surface area contributed by atoms with Gasteiger partial charge in [0.15, 0.2) is 23.9 Å². The highest BCUT2D eigenvalue weighted by molar-refractivity contribution is 7.92. The molecule has 1 aromatic heterocycles. The molecule has 56 heavy (non-hydrogen) atoms. The molecule has 1 N–H and O–H groups in total. The Kier molecular flexibility index (Phi) is 13.7. The fourth-order valence-electron chi connectivity index (χ4n) is 6.61. The number of aromatic nitrogens is 1. The quantitative estimate of drug-likeness (QED) is 0.0783. The lowest BCUT2D eigenvalue weighted by atomic mass is 10.0. The van der Waals surface area contributed by atoms with Crippen LogP contribution in [0.1, 0.15) is 73.5 Å². The van der Waals surface area contributed by atoms with Crippen molar-refractivity contribution in [3.8, 4) is 17.2 Å². The molecule has 17 heteroatoms. The molecule has 0 bridgehead atoms. The van der Waals surface area contributed by atoms with Crippen molar-refractivity contribution in [3.63, 3.8) is 0 Å². The molecule has 6 rings (SSSR count). The zero-order valence-electron chi connectivity index (χ0n) is 31.6. The van der Waals surface area contributed by atoms with E-state index in [1.165, 1.54) is 34.6 Å². The number of hydrogen-bond donors (Lipinski definition) is 1. The first-order chi connectivity index (χ1) is 26.6. The molecule has 306 valence electrons. The molecular weight excluding hydrogens is 793 g/mol. The van der Waals surface area contributed by atoms with Crippen molar-refractivity contribution in [3.05, 3.63) is 80.7 Å². The molecule has 2 heterocycles. The summed E-state index contributed by atoms with van der Waals surface area (Å²) in [6, 6.07) is 9.39. The first-order valence-electron chi connectivity index (χ1n) is 18.9. The zero-order chi connectivity index (χ0) is 40.1. The minimum absolute atomic E-state index is 0.0262. The Bertz CT molecular complexity index is 1950. The third-order valence-electron chi connectivity index (χ3n) is 10.2. The SMILES string of the molecule is C[C@@H]1CN(CCCN(c2ccc(C(=O)O[C@@H](Cc3c(Cl)c[n+]([O-])cc3Cl)c3ccc(OC(F)F)c(OCC4CC4)c3)cc2OCC2CC2)S(C)(=O)=O)[C@@H](C)CN1. The summed E-state index contributed by atoms with van der Waals surface area (Å²) < 4.78 is 77.8. The number of carbonyl (C=O) groups is 1. The van der Waals surface area contributed by atoms with Gasteiger partial charge in [-0.2, -0.15) is 13.5 Å². The van der Waals surface area contributed by atoms with Crippen molar-refractivity contribution in [2.24, 2.45) is 11.8 Å². The number of carbonyl (C=O) groups excluding carboxylic acids is 1. The van der Waals surface area contributed by atoms with Crippen LogP contribution in [0.15, 0.2) is 48.8 Å². The fraction of sp³-hybridized carbons (Fsp3) is 0.538. The van der Waals surface area contributed by atoms with E-state index in [-0.39, 0.29) is 45.8 Å².